The van der Waals surface area contributed by atoms with Gasteiger partial charge in [-0.2, -0.15) is 40.9 Å². The van der Waals surface area contributed by atoms with E-state index >= 15 is 0 Å². The Kier molecular flexibility index (Phi) is 10.3. The summed E-state index contributed by atoms with van der Waals surface area (Å²) < 4.78 is 92.6. The van der Waals surface area contributed by atoms with E-state index in [2.05, 4.69) is 30.9 Å². The number of anilines is 1. The number of pyridine rings is 1. The number of rotatable bonds is 9. The first-order valence-electron chi connectivity index (χ1n) is 12.7. The summed E-state index contributed by atoms with van der Waals surface area (Å²) in [6.45, 7) is 5.22. The second-order valence-electron chi connectivity index (χ2n) is 9.87. The minimum atomic E-state index is -6.51. The molecule has 0 radical (unpaired) electrons. The van der Waals surface area contributed by atoms with Crippen LogP contribution in [-0.4, -0.2) is 58.3 Å². The molecule has 0 saturated carbocycles. The molecule has 0 fully saturated rings. The summed E-state index contributed by atoms with van der Waals surface area (Å²) in [5.41, 5.74) is 0.809. The Balaban J connectivity index is 1.70. The maximum Gasteiger partial charge on any atom is 0.460 e. The van der Waals surface area contributed by atoms with Gasteiger partial charge in [0.2, 0.25) is 0 Å². The van der Waals surface area contributed by atoms with Gasteiger partial charge in [0.1, 0.15) is 9.74 Å². The predicted molar refractivity (Wildman–Crippen MR) is 168 cm³/mol. The van der Waals surface area contributed by atoms with Crippen molar-refractivity contribution in [2.24, 2.45) is 10.2 Å². The normalized spacial score (nSPS) is 15.6. The van der Waals surface area contributed by atoms with Gasteiger partial charge in [-0.3, -0.25) is 9.59 Å². The Labute approximate surface area is 279 Å². The van der Waals surface area contributed by atoms with Crippen LogP contribution in [0, 0.1) is 10.5 Å². The van der Waals surface area contributed by atoms with Gasteiger partial charge < -0.3 is 10.6 Å². The van der Waals surface area contributed by atoms with E-state index in [1.165, 1.54) is 24.4 Å². The lowest BCUT2D eigenvalue weighted by Gasteiger charge is -2.26. The second-order valence-corrected chi connectivity index (χ2v) is 14.6. The van der Waals surface area contributed by atoms with Crippen LogP contribution in [0.2, 0.25) is 5.02 Å². The summed E-state index contributed by atoms with van der Waals surface area (Å²) in [6, 6.07) is 7.34. The number of alkyl halides is 8. The third-order valence-corrected chi connectivity index (χ3v) is 9.83. The van der Waals surface area contributed by atoms with Gasteiger partial charge in [-0.1, -0.05) is 32.3 Å². The topological polar surface area (TPSA) is 114 Å². The van der Waals surface area contributed by atoms with Gasteiger partial charge in [0, 0.05) is 22.2 Å². The predicted octanol–water partition coefficient (Wildman–Crippen LogP) is 7.49. The molecule has 19 heteroatoms. The summed E-state index contributed by atoms with van der Waals surface area (Å²) in [6.07, 6.45) is -5.46. The van der Waals surface area contributed by atoms with Crippen molar-refractivity contribution in [2.75, 3.05) is 5.32 Å². The van der Waals surface area contributed by atoms with Crippen LogP contribution in [0.15, 0.2) is 46.8 Å². The Morgan fingerprint density at radius 2 is 1.80 bits per heavy atom. The molecule has 45 heavy (non-hydrogen) atoms. The summed E-state index contributed by atoms with van der Waals surface area (Å²) >= 11 is 6.07. The zero-order chi connectivity index (χ0) is 33.5. The van der Waals surface area contributed by atoms with Crippen LogP contribution < -0.4 is 10.6 Å². The molecule has 2 amide bonds. The summed E-state index contributed by atoms with van der Waals surface area (Å²) in [4.78, 5) is 30.8. The lowest BCUT2D eigenvalue weighted by molar-refractivity contribution is -0.336. The number of nitrogens with zero attached hydrogens (tertiary/aromatic N) is 5. The van der Waals surface area contributed by atoms with Crippen LogP contribution in [-0.2, 0) is 6.42 Å². The van der Waals surface area contributed by atoms with E-state index in [4.69, 9.17) is 11.6 Å². The molecular weight excluding hydrogens is 865 g/mol. The first-order valence-corrected chi connectivity index (χ1v) is 16.5. The van der Waals surface area contributed by atoms with Crippen LogP contribution in [0.1, 0.15) is 46.0 Å². The standard InChI is InChI=1S/C26H21ClF7I2N7O2/c1-11(2)38-21(44)15-8-13(35)7-12(3)19(15)39-22(45)17-9-14(42-43(17)20-16(27)5-4-6-37-20)10-18-36-23(41-40-18)24(28,29)25(30,31)26(32,33)34/h4-9,11,18H,10H2,1-3H3,(H,38,44)(H,39,45). The van der Waals surface area contributed by atoms with Crippen molar-refractivity contribution in [3.05, 3.63) is 67.6 Å². The Morgan fingerprint density at radius 1 is 1.11 bits per heavy atom. The van der Waals surface area contributed by atoms with Gasteiger partial charge in [-0.15, -0.1) is 5.11 Å². The molecule has 2 N–H and O–H groups in total. The maximum atomic E-state index is 14.2. The summed E-state index contributed by atoms with van der Waals surface area (Å²) in [5, 5.41) is 16.3. The number of azo groups is 1. The summed E-state index contributed by atoms with van der Waals surface area (Å²) in [7, 11) is 0. The molecule has 4 rings (SSSR count). The highest BCUT2D eigenvalue weighted by molar-refractivity contribution is 14.2. The number of hydrogen-bond donors (Lipinski definition) is 2. The van der Waals surface area contributed by atoms with Crippen LogP contribution in [0.4, 0.5) is 36.4 Å². The largest absolute Gasteiger partial charge is 0.460 e. The van der Waals surface area contributed by atoms with Crippen molar-refractivity contribution in [3.63, 3.8) is 0 Å². The quantitative estimate of drug-likeness (QED) is 0.100. The van der Waals surface area contributed by atoms with Gasteiger partial charge in [-0.25, -0.2) is 9.67 Å². The van der Waals surface area contributed by atoms with Crippen LogP contribution in [0.25, 0.3) is 5.82 Å². The smallest absolute Gasteiger partial charge is 0.350 e. The highest BCUT2D eigenvalue weighted by Crippen LogP contribution is 2.49. The van der Waals surface area contributed by atoms with Crippen LogP contribution in [0.5, 0.6) is 0 Å². The number of nitrogens with one attached hydrogen (secondary N) is 2. The zero-order valence-corrected chi connectivity index (χ0v) is 28.2. The fraction of sp³-hybridized carbons (Fsp3) is 0.346. The molecule has 1 atom stereocenters. The third-order valence-electron chi connectivity index (χ3n) is 6.02. The molecule has 2 aromatic heterocycles. The van der Waals surface area contributed by atoms with E-state index in [9.17, 15) is 40.3 Å². The molecule has 1 unspecified atom stereocenters. The minimum Gasteiger partial charge on any atom is -0.350 e. The van der Waals surface area contributed by atoms with Crippen molar-refractivity contribution in [1.82, 2.24) is 20.1 Å². The van der Waals surface area contributed by atoms with Crippen molar-refractivity contribution < 1.29 is 40.3 Å². The molecule has 0 bridgehead atoms. The number of amides is 2. The number of carbonyl (C=O) groups excluding carboxylic acids is 2. The minimum absolute atomic E-state index is 0.000904. The van der Waals surface area contributed by atoms with Gasteiger partial charge >= 0.3 is 18.0 Å². The number of benzene rings is 1. The van der Waals surface area contributed by atoms with Crippen molar-refractivity contribution in [2.45, 2.75) is 55.3 Å². The van der Waals surface area contributed by atoms with Gasteiger partial charge in [0.25, 0.3) is 11.8 Å². The van der Waals surface area contributed by atoms with Gasteiger partial charge in [0.15, 0.2) is 9.45 Å². The van der Waals surface area contributed by atoms with Crippen LogP contribution >= 0.6 is 54.9 Å². The molecule has 1 aromatic carbocycles. The molecular formula is C26H21ClF7I2N7O2. The Bertz CT molecular complexity index is 1710. The number of aryl methyl sites for hydroxylation is 1. The fourth-order valence-electron chi connectivity index (χ4n) is 3.96. The van der Waals surface area contributed by atoms with E-state index in [1.54, 1.807) is 32.9 Å². The molecule has 0 saturated heterocycles. The van der Waals surface area contributed by atoms with Crippen molar-refractivity contribution in [1.29, 1.82) is 0 Å². The van der Waals surface area contributed by atoms with E-state index in [-0.39, 0.29) is 45.9 Å². The summed E-state index contributed by atoms with van der Waals surface area (Å²) in [5.74, 6) is -13.2. The molecule has 3 aromatic rings. The van der Waals surface area contributed by atoms with Gasteiger partial charge in [0.05, 0.1) is 22.0 Å². The van der Waals surface area contributed by atoms with E-state index in [1.807, 2.05) is 22.6 Å². The molecule has 3 heterocycles. The lowest BCUT2D eigenvalue weighted by Crippen LogP contribution is -2.55. The second kappa shape index (κ2) is 13.2. The number of carbonyl (C=O) groups is 2. The zero-order valence-electron chi connectivity index (χ0n) is 23.2. The SMILES string of the molecule is Cc1cc(I)cc(C(=O)NC(C)C)c1NC(=O)c1cc(CC2N=NC(C(F)(F)C(F)(F)C(F)(F)F)=I2)nn1-c1ncccc1Cl. The molecule has 9 nitrogen and oxygen atoms in total. The monoisotopic (exact) mass is 885 g/mol. The molecule has 1 aliphatic rings. The average molecular weight is 886 g/mol. The molecule has 0 aliphatic carbocycles. The number of aromatic nitrogens is 3. The highest BCUT2D eigenvalue weighted by atomic mass is 127. The van der Waals surface area contributed by atoms with Crippen LogP contribution in [0.3, 0.4) is 0 Å². The van der Waals surface area contributed by atoms with Crippen molar-refractivity contribution >= 4 is 76.1 Å². The van der Waals surface area contributed by atoms with E-state index in [0.29, 0.717) is 5.56 Å². The lowest BCUT2D eigenvalue weighted by atomic mass is 10.1. The maximum absolute atomic E-state index is 14.2. The third kappa shape index (κ3) is 7.31. The first-order chi connectivity index (χ1) is 20.8. The molecule has 242 valence electrons. The molecule has 1 aliphatic heterocycles. The molecule has 0 spiro atoms. The highest BCUT2D eigenvalue weighted by Gasteiger charge is 2.75. The van der Waals surface area contributed by atoms with E-state index in [0.717, 1.165) is 8.25 Å². The van der Waals surface area contributed by atoms with Crippen molar-refractivity contribution in [3.8, 4) is 5.82 Å². The number of halogens is 10. The van der Waals surface area contributed by atoms with Gasteiger partial charge in [-0.05, 0) is 79.3 Å². The Morgan fingerprint density at radius 3 is 2.42 bits per heavy atom. The average Bonchev–Trinajstić information content (AvgIpc) is 3.57. The number of hydrogen-bond acceptors (Lipinski definition) is 6. The Hall–Kier alpha value is -2.75. The fourth-order valence-corrected chi connectivity index (χ4v) is 7.52. The van der Waals surface area contributed by atoms with E-state index < -0.39 is 58.2 Å². The first kappa shape index (κ1) is 35.1.